The summed E-state index contributed by atoms with van der Waals surface area (Å²) in [7, 11) is 0. The van der Waals surface area contributed by atoms with Gasteiger partial charge in [0.1, 0.15) is 12.4 Å². The van der Waals surface area contributed by atoms with Crippen LogP contribution in [0.25, 0.3) is 0 Å². The maximum atomic E-state index is 12.0. The van der Waals surface area contributed by atoms with Crippen molar-refractivity contribution >= 4 is 41.0 Å². The first kappa shape index (κ1) is 21.7. The fourth-order valence-corrected chi connectivity index (χ4v) is 3.00. The van der Waals surface area contributed by atoms with Crippen molar-refractivity contribution in [3.63, 3.8) is 0 Å². The lowest BCUT2D eigenvalue weighted by Crippen LogP contribution is -2.25. The molecule has 0 bridgehead atoms. The topological polar surface area (TPSA) is 62.7 Å². The van der Waals surface area contributed by atoms with Gasteiger partial charge in [0.2, 0.25) is 0 Å². The van der Waals surface area contributed by atoms with Crippen molar-refractivity contribution < 1.29 is 9.53 Å². The van der Waals surface area contributed by atoms with Gasteiger partial charge in [0.15, 0.2) is 0 Å². The van der Waals surface area contributed by atoms with Gasteiger partial charge < -0.3 is 10.1 Å². The molecular weight excluding hydrogens is 421 g/mol. The molecule has 0 aliphatic carbocycles. The van der Waals surface area contributed by atoms with E-state index in [0.29, 0.717) is 28.0 Å². The van der Waals surface area contributed by atoms with Crippen LogP contribution in [0.2, 0.25) is 10.0 Å². The first-order valence-corrected chi connectivity index (χ1v) is 10.0. The Labute approximate surface area is 185 Å². The van der Waals surface area contributed by atoms with Gasteiger partial charge in [-0.3, -0.25) is 4.79 Å². The van der Waals surface area contributed by atoms with Crippen LogP contribution in [-0.2, 0) is 11.4 Å². The second kappa shape index (κ2) is 10.7. The van der Waals surface area contributed by atoms with Crippen LogP contribution < -0.4 is 15.5 Å². The van der Waals surface area contributed by atoms with Gasteiger partial charge in [-0.05, 0) is 55.0 Å². The number of nitrogens with one attached hydrogen (secondary N) is 2. The first-order chi connectivity index (χ1) is 14.5. The normalized spacial score (nSPS) is 10.8. The zero-order chi connectivity index (χ0) is 21.3. The van der Waals surface area contributed by atoms with Crippen LogP contribution in [0.1, 0.15) is 16.7 Å². The SMILES string of the molecule is Cc1ccc(NCC(=O)N/N=C\c2cc(Cl)ccc2OCc2cccc(Cl)c2)cc1. The Morgan fingerprint density at radius 2 is 1.80 bits per heavy atom. The number of halogens is 2. The molecule has 154 valence electrons. The molecule has 30 heavy (non-hydrogen) atoms. The molecule has 0 aromatic heterocycles. The maximum absolute atomic E-state index is 12.0. The van der Waals surface area contributed by atoms with E-state index in [9.17, 15) is 4.79 Å². The van der Waals surface area contributed by atoms with Gasteiger partial charge in [-0.25, -0.2) is 5.43 Å². The summed E-state index contributed by atoms with van der Waals surface area (Å²) >= 11 is 12.1. The number of carbonyl (C=O) groups is 1. The molecule has 3 aromatic carbocycles. The first-order valence-electron chi connectivity index (χ1n) is 9.29. The Kier molecular flexibility index (Phi) is 7.71. The number of benzene rings is 3. The van der Waals surface area contributed by atoms with Crippen molar-refractivity contribution in [3.8, 4) is 5.75 Å². The van der Waals surface area contributed by atoms with Crippen molar-refractivity contribution in [1.82, 2.24) is 5.43 Å². The lowest BCUT2D eigenvalue weighted by atomic mass is 10.2. The van der Waals surface area contributed by atoms with Crippen LogP contribution in [0.5, 0.6) is 5.75 Å². The van der Waals surface area contributed by atoms with Crippen molar-refractivity contribution in [3.05, 3.63) is 93.5 Å². The molecule has 0 heterocycles. The van der Waals surface area contributed by atoms with E-state index in [1.54, 1.807) is 18.2 Å². The fourth-order valence-electron chi connectivity index (χ4n) is 2.61. The molecule has 0 aliphatic rings. The van der Waals surface area contributed by atoms with Crippen LogP contribution >= 0.6 is 23.2 Å². The average Bonchev–Trinajstić information content (AvgIpc) is 2.73. The molecule has 0 radical (unpaired) electrons. The second-order valence-electron chi connectivity index (χ2n) is 6.61. The molecule has 5 nitrogen and oxygen atoms in total. The van der Waals surface area contributed by atoms with Gasteiger partial charge in [-0.15, -0.1) is 0 Å². The highest BCUT2D eigenvalue weighted by Crippen LogP contribution is 2.23. The molecule has 0 unspecified atom stereocenters. The Morgan fingerprint density at radius 3 is 2.57 bits per heavy atom. The molecule has 7 heteroatoms. The van der Waals surface area contributed by atoms with Gasteiger partial charge in [0, 0.05) is 21.3 Å². The van der Waals surface area contributed by atoms with Crippen molar-refractivity contribution in [2.24, 2.45) is 5.10 Å². The van der Waals surface area contributed by atoms with Crippen molar-refractivity contribution in [2.45, 2.75) is 13.5 Å². The third-order valence-electron chi connectivity index (χ3n) is 4.15. The zero-order valence-corrected chi connectivity index (χ0v) is 17.9. The van der Waals surface area contributed by atoms with E-state index in [4.69, 9.17) is 27.9 Å². The number of amides is 1. The summed E-state index contributed by atoms with van der Waals surface area (Å²) in [5, 5.41) is 8.25. The van der Waals surface area contributed by atoms with Gasteiger partial charge in [0.05, 0.1) is 12.8 Å². The Hall–Kier alpha value is -3.02. The number of nitrogens with zero attached hydrogens (tertiary/aromatic N) is 1. The summed E-state index contributed by atoms with van der Waals surface area (Å²) in [6.45, 7) is 2.46. The third kappa shape index (κ3) is 6.79. The van der Waals surface area contributed by atoms with Crippen LogP contribution in [0.15, 0.2) is 71.8 Å². The van der Waals surface area contributed by atoms with Gasteiger partial charge in [0.25, 0.3) is 5.91 Å². The summed E-state index contributed by atoms with van der Waals surface area (Å²) in [5.74, 6) is 0.324. The monoisotopic (exact) mass is 441 g/mol. The lowest BCUT2D eigenvalue weighted by Gasteiger charge is -2.10. The molecule has 0 aliphatic heterocycles. The molecule has 0 saturated heterocycles. The molecule has 3 aromatic rings. The van der Waals surface area contributed by atoms with E-state index >= 15 is 0 Å². The van der Waals surface area contributed by atoms with Crippen LogP contribution in [0, 0.1) is 6.92 Å². The number of carbonyl (C=O) groups excluding carboxylic acids is 1. The van der Waals surface area contributed by atoms with Crippen LogP contribution in [-0.4, -0.2) is 18.7 Å². The standard InChI is InChI=1S/C23H21Cl2N3O2/c1-16-5-8-21(9-6-16)26-14-23(29)28-27-13-18-12-20(25)7-10-22(18)30-15-17-3-2-4-19(24)11-17/h2-13,26H,14-15H2,1H3,(H,28,29)/b27-13-. The van der Waals surface area contributed by atoms with Gasteiger partial charge in [-0.2, -0.15) is 5.10 Å². The molecule has 0 saturated carbocycles. The van der Waals surface area contributed by atoms with E-state index < -0.39 is 0 Å². The van der Waals surface area contributed by atoms with E-state index in [0.717, 1.165) is 16.8 Å². The highest BCUT2D eigenvalue weighted by atomic mass is 35.5. The Bertz CT molecular complexity index is 1040. The van der Waals surface area contributed by atoms with E-state index in [1.165, 1.54) is 6.21 Å². The smallest absolute Gasteiger partial charge is 0.259 e. The van der Waals surface area contributed by atoms with Gasteiger partial charge in [-0.1, -0.05) is 53.0 Å². The lowest BCUT2D eigenvalue weighted by molar-refractivity contribution is -0.119. The Morgan fingerprint density at radius 1 is 1.03 bits per heavy atom. The van der Waals surface area contributed by atoms with Crippen LogP contribution in [0.3, 0.4) is 0 Å². The summed E-state index contributed by atoms with van der Waals surface area (Å²) in [5.41, 5.74) is 6.11. The minimum atomic E-state index is -0.268. The number of anilines is 1. The minimum Gasteiger partial charge on any atom is -0.488 e. The predicted molar refractivity (Wildman–Crippen MR) is 123 cm³/mol. The minimum absolute atomic E-state index is 0.105. The molecule has 0 atom stereocenters. The number of aryl methyl sites for hydroxylation is 1. The molecule has 0 spiro atoms. The number of hydrazone groups is 1. The summed E-state index contributed by atoms with van der Waals surface area (Å²) in [6, 6.07) is 20.4. The van der Waals surface area contributed by atoms with E-state index in [2.05, 4.69) is 15.8 Å². The zero-order valence-electron chi connectivity index (χ0n) is 16.4. The van der Waals surface area contributed by atoms with Crippen molar-refractivity contribution in [1.29, 1.82) is 0 Å². The number of hydrogen-bond acceptors (Lipinski definition) is 4. The second-order valence-corrected chi connectivity index (χ2v) is 7.49. The molecular formula is C23H21Cl2N3O2. The summed E-state index contributed by atoms with van der Waals surface area (Å²) in [4.78, 5) is 12.0. The highest BCUT2D eigenvalue weighted by molar-refractivity contribution is 6.31. The highest BCUT2D eigenvalue weighted by Gasteiger charge is 2.05. The molecule has 3 rings (SSSR count). The predicted octanol–water partition coefficient (Wildman–Crippen LogP) is 5.44. The largest absolute Gasteiger partial charge is 0.488 e. The Balaban J connectivity index is 1.56. The van der Waals surface area contributed by atoms with Crippen molar-refractivity contribution in [2.75, 3.05) is 11.9 Å². The fraction of sp³-hybridized carbons (Fsp3) is 0.130. The third-order valence-corrected chi connectivity index (χ3v) is 4.62. The number of ether oxygens (including phenoxy) is 1. The number of rotatable bonds is 8. The summed E-state index contributed by atoms with van der Waals surface area (Å²) in [6.07, 6.45) is 1.50. The molecule has 1 amide bonds. The van der Waals surface area contributed by atoms with Gasteiger partial charge >= 0.3 is 0 Å². The van der Waals surface area contributed by atoms with E-state index in [1.807, 2.05) is 55.5 Å². The average molecular weight is 442 g/mol. The van der Waals surface area contributed by atoms with E-state index in [-0.39, 0.29) is 12.5 Å². The quantitative estimate of drug-likeness (QED) is 0.361. The van der Waals surface area contributed by atoms with Crippen LogP contribution in [0.4, 0.5) is 5.69 Å². The maximum Gasteiger partial charge on any atom is 0.259 e. The summed E-state index contributed by atoms with van der Waals surface area (Å²) < 4.78 is 5.87. The molecule has 0 fully saturated rings. The number of hydrogen-bond donors (Lipinski definition) is 2. The molecule has 2 N–H and O–H groups in total.